The fourth-order valence-corrected chi connectivity index (χ4v) is 4.49. The molecule has 4 aliphatic heterocycles. The van der Waals surface area contributed by atoms with Gasteiger partial charge in [-0.3, -0.25) is 9.59 Å². The van der Waals surface area contributed by atoms with E-state index in [9.17, 15) is 14.7 Å². The van der Waals surface area contributed by atoms with E-state index in [1.165, 1.54) is 0 Å². The average Bonchev–Trinajstić information content (AvgIpc) is 3.33. The number of carboxylic acids is 1. The highest BCUT2D eigenvalue weighted by Gasteiger charge is 2.67. The molecule has 1 aromatic carbocycles. The summed E-state index contributed by atoms with van der Waals surface area (Å²) in [5.74, 6) is -1.26. The smallest absolute Gasteiger partial charge is 0.310 e. The van der Waals surface area contributed by atoms with Crippen LogP contribution in [0.5, 0.6) is 11.5 Å². The molecule has 0 unspecified atom stereocenters. The first-order chi connectivity index (χ1) is 12.0. The van der Waals surface area contributed by atoms with Gasteiger partial charge in [0, 0.05) is 0 Å². The summed E-state index contributed by atoms with van der Waals surface area (Å²) in [7, 11) is 0. The molecule has 7 heteroatoms. The van der Waals surface area contributed by atoms with Crippen LogP contribution in [-0.2, 0) is 14.3 Å². The molecule has 7 nitrogen and oxygen atoms in total. The molecule has 0 saturated carbocycles. The number of ether oxygens (including phenoxy) is 3. The minimum absolute atomic E-state index is 0.163. The second-order valence-corrected chi connectivity index (χ2v) is 6.99. The Hall–Kier alpha value is -2.54. The molecule has 1 spiro atoms. The average molecular weight is 343 g/mol. The van der Waals surface area contributed by atoms with Crippen LogP contribution in [0.25, 0.3) is 0 Å². The van der Waals surface area contributed by atoms with E-state index >= 15 is 0 Å². The van der Waals surface area contributed by atoms with Crippen molar-refractivity contribution >= 4 is 11.9 Å². The van der Waals surface area contributed by atoms with Gasteiger partial charge in [-0.1, -0.05) is 18.2 Å². The van der Waals surface area contributed by atoms with E-state index in [-0.39, 0.29) is 18.7 Å². The number of hydrogen-bond donors (Lipinski definition) is 1. The van der Waals surface area contributed by atoms with Gasteiger partial charge in [0.05, 0.1) is 24.6 Å². The number of rotatable bonds is 3. The molecule has 5 rings (SSSR count). The van der Waals surface area contributed by atoms with Crippen LogP contribution in [0.2, 0.25) is 0 Å². The molecule has 2 bridgehead atoms. The van der Waals surface area contributed by atoms with Crippen LogP contribution in [-0.4, -0.2) is 46.9 Å². The van der Waals surface area contributed by atoms with E-state index in [0.717, 1.165) is 5.56 Å². The Balaban J connectivity index is 1.47. The zero-order chi connectivity index (χ0) is 17.3. The summed E-state index contributed by atoms with van der Waals surface area (Å²) in [5.41, 5.74) is 0.106. The van der Waals surface area contributed by atoms with Crippen molar-refractivity contribution in [2.24, 2.45) is 11.8 Å². The van der Waals surface area contributed by atoms with E-state index in [1.807, 2.05) is 31.2 Å². The fourth-order valence-electron chi connectivity index (χ4n) is 4.49. The molecule has 2 fully saturated rings. The van der Waals surface area contributed by atoms with Crippen molar-refractivity contribution in [1.29, 1.82) is 0 Å². The van der Waals surface area contributed by atoms with E-state index in [2.05, 4.69) is 0 Å². The Morgan fingerprint density at radius 1 is 1.36 bits per heavy atom. The van der Waals surface area contributed by atoms with Gasteiger partial charge in [0.2, 0.25) is 12.7 Å². The Morgan fingerprint density at radius 3 is 2.96 bits per heavy atom. The van der Waals surface area contributed by atoms with Gasteiger partial charge in [-0.05, 0) is 24.6 Å². The Kier molecular flexibility index (Phi) is 2.81. The Morgan fingerprint density at radius 2 is 2.16 bits per heavy atom. The number of nitrogens with zero attached hydrogens (tertiary/aromatic N) is 1. The monoisotopic (exact) mass is 343 g/mol. The number of benzene rings is 1. The maximum absolute atomic E-state index is 13.0. The quantitative estimate of drug-likeness (QED) is 0.834. The van der Waals surface area contributed by atoms with Crippen molar-refractivity contribution in [3.8, 4) is 11.5 Å². The van der Waals surface area contributed by atoms with Crippen LogP contribution in [0.1, 0.15) is 18.5 Å². The first-order valence-electron chi connectivity index (χ1n) is 8.30. The number of aliphatic carboxylic acids is 1. The molecular formula is C18H17NO6. The second-order valence-electron chi connectivity index (χ2n) is 6.99. The molecule has 0 aromatic heterocycles. The molecule has 0 aliphatic carbocycles. The summed E-state index contributed by atoms with van der Waals surface area (Å²) in [6, 6.07) is 5.39. The van der Waals surface area contributed by atoms with Crippen molar-refractivity contribution in [1.82, 2.24) is 4.90 Å². The highest BCUT2D eigenvalue weighted by atomic mass is 16.7. The highest BCUT2D eigenvalue weighted by Crippen LogP contribution is 2.53. The molecule has 1 aromatic rings. The normalized spacial score (nSPS) is 35.3. The van der Waals surface area contributed by atoms with Crippen LogP contribution in [0, 0.1) is 11.8 Å². The van der Waals surface area contributed by atoms with E-state index in [0.29, 0.717) is 18.0 Å². The van der Waals surface area contributed by atoms with Gasteiger partial charge in [0.1, 0.15) is 11.5 Å². The van der Waals surface area contributed by atoms with Crippen LogP contribution >= 0.6 is 0 Å². The van der Waals surface area contributed by atoms with Crippen LogP contribution in [0.15, 0.2) is 30.4 Å². The molecule has 4 heterocycles. The number of fused-ring (bicyclic) bond motifs is 2. The molecule has 5 atom stereocenters. The SMILES string of the molecule is C[C@H](c1ccc2c(c1)OCO2)N1C[C@@]23C=C[C@H](O2)[C@@H](C(=O)O)[C@H]3C1=O. The highest BCUT2D eigenvalue weighted by molar-refractivity contribution is 5.91. The van der Waals surface area contributed by atoms with Gasteiger partial charge < -0.3 is 24.2 Å². The van der Waals surface area contributed by atoms with Gasteiger partial charge in [0.25, 0.3) is 0 Å². The van der Waals surface area contributed by atoms with Gasteiger partial charge >= 0.3 is 5.97 Å². The zero-order valence-electron chi connectivity index (χ0n) is 13.5. The van der Waals surface area contributed by atoms with Crippen molar-refractivity contribution in [3.05, 3.63) is 35.9 Å². The number of hydrogen-bond acceptors (Lipinski definition) is 5. The molecular weight excluding hydrogens is 326 g/mol. The van der Waals surface area contributed by atoms with E-state index < -0.39 is 29.5 Å². The van der Waals surface area contributed by atoms with Gasteiger partial charge in [0.15, 0.2) is 11.5 Å². The lowest BCUT2D eigenvalue weighted by molar-refractivity contribution is -0.148. The minimum Gasteiger partial charge on any atom is -0.481 e. The van der Waals surface area contributed by atoms with Crippen LogP contribution in [0.4, 0.5) is 0 Å². The third kappa shape index (κ3) is 1.84. The first kappa shape index (κ1) is 14.8. The lowest BCUT2D eigenvalue weighted by atomic mass is 9.77. The molecule has 130 valence electrons. The number of amides is 1. The number of carbonyl (C=O) groups excluding carboxylic acids is 1. The fraction of sp³-hybridized carbons (Fsp3) is 0.444. The summed E-state index contributed by atoms with van der Waals surface area (Å²) in [6.45, 7) is 2.49. The number of likely N-dealkylation sites (tertiary alicyclic amines) is 1. The molecule has 0 radical (unpaired) electrons. The Labute approximate surface area is 143 Å². The lowest BCUT2D eigenvalue weighted by Crippen LogP contribution is -2.39. The molecule has 1 N–H and O–H groups in total. The van der Waals surface area contributed by atoms with Crippen LogP contribution < -0.4 is 9.47 Å². The predicted octanol–water partition coefficient (Wildman–Crippen LogP) is 1.34. The maximum atomic E-state index is 13.0. The molecule has 1 amide bonds. The number of carbonyl (C=O) groups is 2. The summed E-state index contributed by atoms with van der Waals surface area (Å²) in [6.07, 6.45) is 3.14. The minimum atomic E-state index is -0.979. The molecule has 2 saturated heterocycles. The van der Waals surface area contributed by atoms with Gasteiger partial charge in [-0.15, -0.1) is 0 Å². The number of carboxylic acid groups (broad SMARTS) is 1. The van der Waals surface area contributed by atoms with E-state index in [1.54, 1.807) is 11.0 Å². The van der Waals surface area contributed by atoms with Gasteiger partial charge in [-0.2, -0.15) is 0 Å². The van der Waals surface area contributed by atoms with E-state index in [4.69, 9.17) is 14.2 Å². The first-order valence-corrected chi connectivity index (χ1v) is 8.30. The largest absolute Gasteiger partial charge is 0.481 e. The summed E-state index contributed by atoms with van der Waals surface area (Å²) >= 11 is 0. The van der Waals surface area contributed by atoms with Crippen LogP contribution in [0.3, 0.4) is 0 Å². The summed E-state index contributed by atoms with van der Waals surface area (Å²) in [4.78, 5) is 26.4. The topological polar surface area (TPSA) is 85.3 Å². The molecule has 25 heavy (non-hydrogen) atoms. The third-order valence-corrected chi connectivity index (χ3v) is 5.76. The lowest BCUT2D eigenvalue weighted by Gasteiger charge is -2.27. The third-order valence-electron chi connectivity index (χ3n) is 5.76. The van der Waals surface area contributed by atoms with Gasteiger partial charge in [-0.25, -0.2) is 0 Å². The zero-order valence-corrected chi connectivity index (χ0v) is 13.5. The van der Waals surface area contributed by atoms with Crippen molar-refractivity contribution in [2.75, 3.05) is 13.3 Å². The maximum Gasteiger partial charge on any atom is 0.310 e. The predicted molar refractivity (Wildman–Crippen MR) is 84.1 cm³/mol. The van der Waals surface area contributed by atoms with Crippen molar-refractivity contribution in [2.45, 2.75) is 24.7 Å². The van der Waals surface area contributed by atoms with Crippen molar-refractivity contribution < 1.29 is 28.9 Å². The second kappa shape index (κ2) is 4.76. The summed E-state index contributed by atoms with van der Waals surface area (Å²) in [5, 5.41) is 9.53. The summed E-state index contributed by atoms with van der Waals surface area (Å²) < 4.78 is 16.7. The standard InChI is InChI=1S/C18H17NO6/c1-9(10-2-3-11-13(6-10)24-8-23-11)19-7-18-5-4-12(25-18)14(17(21)22)15(18)16(19)20/h2-6,9,12,14-15H,7-8H2,1H3,(H,21,22)/t9-,12+,14-,15+,18-/m1/s1. The van der Waals surface area contributed by atoms with Crippen molar-refractivity contribution in [3.63, 3.8) is 0 Å². The Bertz CT molecular complexity index is 820. The molecule has 4 aliphatic rings.